The van der Waals surface area contributed by atoms with E-state index in [1.807, 2.05) is 0 Å². The number of alkyl halides is 3. The number of amides is 2. The van der Waals surface area contributed by atoms with Crippen LogP contribution >= 0.6 is 0 Å². The minimum atomic E-state index is -4.66. The lowest BCUT2D eigenvalue weighted by molar-refractivity contribution is -0.153. The van der Waals surface area contributed by atoms with Crippen LogP contribution in [0.25, 0.3) is 0 Å². The number of hydrogen-bond donors (Lipinski definition) is 2. The lowest BCUT2D eigenvalue weighted by Crippen LogP contribution is -2.28. The smallest absolute Gasteiger partial charge is 0.422 e. The maximum Gasteiger partial charge on any atom is 0.422 e. The molecule has 1 aromatic heterocycles. The molecule has 0 saturated carbocycles. The topological polar surface area (TPSA) is 97.4 Å². The van der Waals surface area contributed by atoms with Gasteiger partial charge in [0.05, 0.1) is 9.79 Å². The normalized spacial score (nSPS) is 11.6. The van der Waals surface area contributed by atoms with Crippen molar-refractivity contribution in [2.75, 3.05) is 11.9 Å². The largest absolute Gasteiger partial charge is 0.481 e. The second-order valence-electron chi connectivity index (χ2n) is 6.69. The Morgan fingerprint density at radius 3 is 2.33 bits per heavy atom. The maximum atomic E-state index is 14.1. The molecular weight excluding hydrogens is 466 g/mol. The lowest BCUT2D eigenvalue weighted by atomic mass is 10.3. The van der Waals surface area contributed by atoms with Crippen LogP contribution in [0.2, 0.25) is 0 Å². The van der Waals surface area contributed by atoms with Gasteiger partial charge < -0.3 is 15.4 Å². The number of hydrogen-bond acceptors (Lipinski definition) is 5. The number of carbonyl (C=O) groups excluding carboxylic acids is 1. The van der Waals surface area contributed by atoms with Crippen LogP contribution in [0, 0.1) is 5.82 Å². The number of nitrogens with one attached hydrogen (secondary N) is 2. The molecule has 0 bridgehead atoms. The third kappa shape index (κ3) is 6.65. The van der Waals surface area contributed by atoms with Crippen molar-refractivity contribution in [2.24, 2.45) is 0 Å². The molecule has 0 radical (unpaired) electrons. The Labute approximate surface area is 186 Å². The molecule has 0 fully saturated rings. The fraction of sp³-hybridized carbons (Fsp3) is 0.143. The van der Waals surface area contributed by atoms with E-state index >= 15 is 0 Å². The second kappa shape index (κ2) is 9.86. The molecule has 174 valence electrons. The fourth-order valence-corrected chi connectivity index (χ4v) is 3.91. The van der Waals surface area contributed by atoms with Crippen molar-refractivity contribution in [3.8, 4) is 5.75 Å². The molecule has 2 aromatic carbocycles. The summed E-state index contributed by atoms with van der Waals surface area (Å²) in [6, 6.07) is 10.4. The van der Waals surface area contributed by atoms with Crippen molar-refractivity contribution < 1.29 is 35.5 Å². The van der Waals surface area contributed by atoms with E-state index in [4.69, 9.17) is 0 Å². The van der Waals surface area contributed by atoms with Crippen LogP contribution in [-0.2, 0) is 16.4 Å². The number of ether oxygens (including phenoxy) is 1. The van der Waals surface area contributed by atoms with E-state index in [1.54, 1.807) is 24.5 Å². The molecule has 12 heteroatoms. The Morgan fingerprint density at radius 1 is 1.03 bits per heavy atom. The Hall–Kier alpha value is -3.67. The molecule has 0 spiro atoms. The SMILES string of the molecule is O=C(NCc1cccnc1)Nc1ccc(S(=O)(=O)c2ccc(OCC(F)(F)F)c(F)c2)cc1. The predicted octanol–water partition coefficient (Wildman–Crippen LogP) is 4.32. The zero-order valence-electron chi connectivity index (χ0n) is 16.8. The summed E-state index contributed by atoms with van der Waals surface area (Å²) in [5.41, 5.74) is 1.09. The van der Waals surface area contributed by atoms with Gasteiger partial charge in [0.2, 0.25) is 9.84 Å². The number of anilines is 1. The van der Waals surface area contributed by atoms with E-state index < -0.39 is 45.1 Å². The third-order valence-electron chi connectivity index (χ3n) is 4.20. The van der Waals surface area contributed by atoms with Crippen LogP contribution in [0.1, 0.15) is 5.56 Å². The average Bonchev–Trinajstić information content (AvgIpc) is 2.77. The van der Waals surface area contributed by atoms with Crippen LogP contribution in [0.5, 0.6) is 5.75 Å². The highest BCUT2D eigenvalue weighted by atomic mass is 32.2. The summed E-state index contributed by atoms with van der Waals surface area (Å²) in [5.74, 6) is -1.97. The van der Waals surface area contributed by atoms with Crippen molar-refractivity contribution in [2.45, 2.75) is 22.5 Å². The van der Waals surface area contributed by atoms with Gasteiger partial charge in [-0.25, -0.2) is 17.6 Å². The van der Waals surface area contributed by atoms with E-state index in [0.717, 1.165) is 17.7 Å². The Bertz CT molecular complexity index is 1220. The van der Waals surface area contributed by atoms with E-state index in [9.17, 15) is 30.8 Å². The summed E-state index contributed by atoms with van der Waals surface area (Å²) in [6.45, 7) is -1.47. The molecule has 0 atom stereocenters. The summed E-state index contributed by atoms with van der Waals surface area (Å²) in [7, 11) is -4.17. The summed E-state index contributed by atoms with van der Waals surface area (Å²) < 4.78 is 80.5. The number of pyridine rings is 1. The van der Waals surface area contributed by atoms with Gasteiger partial charge in [-0.15, -0.1) is 0 Å². The van der Waals surface area contributed by atoms with Gasteiger partial charge in [0.15, 0.2) is 18.2 Å². The first-order valence-corrected chi connectivity index (χ1v) is 10.8. The predicted molar refractivity (Wildman–Crippen MR) is 110 cm³/mol. The first-order chi connectivity index (χ1) is 15.5. The summed E-state index contributed by atoms with van der Waals surface area (Å²) in [6.07, 6.45) is -1.47. The zero-order chi connectivity index (χ0) is 24.1. The molecule has 3 aromatic rings. The van der Waals surface area contributed by atoms with Gasteiger partial charge in [-0.3, -0.25) is 4.98 Å². The van der Waals surface area contributed by atoms with Gasteiger partial charge in [0.25, 0.3) is 0 Å². The monoisotopic (exact) mass is 483 g/mol. The molecule has 33 heavy (non-hydrogen) atoms. The highest BCUT2D eigenvalue weighted by molar-refractivity contribution is 7.91. The third-order valence-corrected chi connectivity index (χ3v) is 5.97. The van der Waals surface area contributed by atoms with Gasteiger partial charge >= 0.3 is 12.2 Å². The van der Waals surface area contributed by atoms with Crippen LogP contribution in [-0.4, -0.2) is 32.2 Å². The molecule has 2 N–H and O–H groups in total. The number of halogens is 4. The van der Waals surface area contributed by atoms with Gasteiger partial charge in [-0.1, -0.05) is 6.07 Å². The Morgan fingerprint density at radius 2 is 1.73 bits per heavy atom. The lowest BCUT2D eigenvalue weighted by Gasteiger charge is -2.11. The van der Waals surface area contributed by atoms with E-state index in [-0.39, 0.29) is 11.4 Å². The second-order valence-corrected chi connectivity index (χ2v) is 8.64. The molecule has 0 unspecified atom stereocenters. The van der Waals surface area contributed by atoms with Gasteiger partial charge in [-0.2, -0.15) is 13.2 Å². The minimum absolute atomic E-state index is 0.202. The van der Waals surface area contributed by atoms with Crippen LogP contribution in [0.3, 0.4) is 0 Å². The summed E-state index contributed by atoms with van der Waals surface area (Å²) in [5, 5.41) is 5.16. The van der Waals surface area contributed by atoms with Crippen LogP contribution in [0.15, 0.2) is 76.8 Å². The minimum Gasteiger partial charge on any atom is -0.481 e. The molecule has 7 nitrogen and oxygen atoms in total. The maximum absolute atomic E-state index is 14.1. The summed E-state index contributed by atoms with van der Waals surface area (Å²) >= 11 is 0. The first-order valence-electron chi connectivity index (χ1n) is 9.32. The summed E-state index contributed by atoms with van der Waals surface area (Å²) in [4.78, 5) is 15.3. The molecule has 1 heterocycles. The Kier molecular flexibility index (Phi) is 7.16. The molecule has 0 aliphatic heterocycles. The molecule has 2 amide bonds. The molecule has 0 aliphatic carbocycles. The van der Waals surface area contributed by atoms with Gasteiger partial charge in [0, 0.05) is 24.6 Å². The molecule has 3 rings (SSSR count). The highest BCUT2D eigenvalue weighted by Gasteiger charge is 2.29. The number of nitrogens with zero attached hydrogens (tertiary/aromatic N) is 1. The number of rotatable bonds is 7. The van der Waals surface area contributed by atoms with Gasteiger partial charge in [0.1, 0.15) is 0 Å². The highest BCUT2D eigenvalue weighted by Crippen LogP contribution is 2.27. The van der Waals surface area contributed by atoms with Crippen molar-refractivity contribution in [3.63, 3.8) is 0 Å². The zero-order valence-corrected chi connectivity index (χ0v) is 17.6. The number of benzene rings is 2. The number of urea groups is 1. The molecular formula is C21H17F4N3O4S. The van der Waals surface area contributed by atoms with Crippen molar-refractivity contribution in [1.29, 1.82) is 0 Å². The van der Waals surface area contributed by atoms with E-state index in [1.165, 1.54) is 24.3 Å². The van der Waals surface area contributed by atoms with E-state index in [2.05, 4.69) is 20.4 Å². The molecule has 0 saturated heterocycles. The van der Waals surface area contributed by atoms with E-state index in [0.29, 0.717) is 11.8 Å². The van der Waals surface area contributed by atoms with Crippen LogP contribution < -0.4 is 15.4 Å². The number of sulfone groups is 1. The number of carbonyl (C=O) groups is 1. The molecule has 0 aliphatic rings. The average molecular weight is 483 g/mol. The Balaban J connectivity index is 1.65. The van der Waals surface area contributed by atoms with Crippen molar-refractivity contribution in [1.82, 2.24) is 10.3 Å². The van der Waals surface area contributed by atoms with Gasteiger partial charge in [-0.05, 0) is 54.1 Å². The van der Waals surface area contributed by atoms with Crippen LogP contribution in [0.4, 0.5) is 28.0 Å². The quantitative estimate of drug-likeness (QED) is 0.488. The first kappa shape index (κ1) is 24.0. The standard InChI is InChI=1S/C21H17F4N3O4S/c22-18-10-17(7-8-19(18)32-13-21(23,24)25)33(30,31)16-5-3-15(4-6-16)28-20(29)27-12-14-2-1-9-26-11-14/h1-11H,12-13H2,(H2,27,28,29). The van der Waals surface area contributed by atoms with Crippen molar-refractivity contribution >= 4 is 21.6 Å². The number of aromatic nitrogens is 1. The van der Waals surface area contributed by atoms with Crippen molar-refractivity contribution in [3.05, 3.63) is 78.4 Å². The fourth-order valence-electron chi connectivity index (χ4n) is 2.64.